The van der Waals surface area contributed by atoms with E-state index in [1.54, 1.807) is 0 Å². The van der Waals surface area contributed by atoms with E-state index < -0.39 is 0 Å². The lowest BCUT2D eigenvalue weighted by Gasteiger charge is -2.29. The maximum atomic E-state index is 8.58. The van der Waals surface area contributed by atoms with Crippen LogP contribution in [0.25, 0.3) is 11.4 Å². The zero-order valence-electron chi connectivity index (χ0n) is 19.7. The molecular formula is C25H32N6O2S. The Hall–Kier alpha value is -3.17. The lowest BCUT2D eigenvalue weighted by Crippen LogP contribution is -2.37. The largest absolute Gasteiger partial charge is 0.399 e. The number of nitrogen functional groups attached to an aromatic ring is 1. The minimum absolute atomic E-state index is 0.0269. The van der Waals surface area contributed by atoms with Crippen molar-refractivity contribution in [3.05, 3.63) is 60.4 Å². The van der Waals surface area contributed by atoms with Gasteiger partial charge in [0.05, 0.1) is 28.7 Å². The standard InChI is InChI=1S/C22H23N5OS.C2H6.CH3NO/c23-17-6-4-16(5-7-17)21-25-18(15-19(26-21)27-11-13-28-14-12-27)22(8-9-22)29-20-3-1-2-10-24-20;1-2;2-1-3/h1-7,10,15H,8-9,11-14,23H2;1-2H3;1H,(H2,2,3). The molecule has 2 fully saturated rings. The summed E-state index contributed by atoms with van der Waals surface area (Å²) < 4.78 is 5.50. The summed E-state index contributed by atoms with van der Waals surface area (Å²) in [6.45, 7) is 7.14. The molecule has 4 N–H and O–H groups in total. The van der Waals surface area contributed by atoms with Crippen LogP contribution >= 0.6 is 11.8 Å². The van der Waals surface area contributed by atoms with Crippen LogP contribution in [-0.4, -0.2) is 47.7 Å². The molecule has 2 aromatic heterocycles. The SMILES string of the molecule is CC.NC=O.Nc1ccc(-c2nc(N3CCOCC3)cc(C3(Sc4ccccn4)CC3)n2)cc1. The first-order chi connectivity index (χ1) is 16.6. The molecule has 2 aliphatic rings. The number of rotatable bonds is 5. The first-order valence-electron chi connectivity index (χ1n) is 11.5. The highest BCUT2D eigenvalue weighted by Gasteiger charge is 2.48. The molecule has 180 valence electrons. The van der Waals surface area contributed by atoms with Gasteiger partial charge in [0, 0.05) is 36.6 Å². The second-order valence-electron chi connectivity index (χ2n) is 7.56. The average Bonchev–Trinajstić information content (AvgIpc) is 3.68. The van der Waals surface area contributed by atoms with Crippen molar-refractivity contribution in [2.24, 2.45) is 5.73 Å². The fourth-order valence-electron chi connectivity index (χ4n) is 3.52. The number of carbonyl (C=O) groups excluding carboxylic acids is 1. The lowest BCUT2D eigenvalue weighted by atomic mass is 10.1. The highest BCUT2D eigenvalue weighted by atomic mass is 32.2. The molecule has 1 aromatic carbocycles. The predicted octanol–water partition coefficient (Wildman–Crippen LogP) is 3.87. The summed E-state index contributed by atoms with van der Waals surface area (Å²) in [6, 6.07) is 16.0. The highest BCUT2D eigenvalue weighted by Crippen LogP contribution is 2.59. The second-order valence-corrected chi connectivity index (χ2v) is 8.96. The third kappa shape index (κ3) is 6.45. The molecule has 1 aliphatic heterocycles. The van der Waals surface area contributed by atoms with E-state index in [0.717, 1.165) is 72.8 Å². The number of benzene rings is 1. The number of aromatic nitrogens is 3. The number of hydrogen-bond acceptors (Lipinski definition) is 8. The van der Waals surface area contributed by atoms with Gasteiger partial charge < -0.3 is 21.1 Å². The summed E-state index contributed by atoms with van der Waals surface area (Å²) >= 11 is 1.81. The van der Waals surface area contributed by atoms with Crippen molar-refractivity contribution < 1.29 is 9.53 Å². The maximum Gasteiger partial charge on any atom is 0.204 e. The molecule has 1 amide bonds. The molecular weight excluding hydrogens is 448 g/mol. The van der Waals surface area contributed by atoms with Crippen molar-refractivity contribution >= 4 is 29.7 Å². The van der Waals surface area contributed by atoms with E-state index in [4.69, 9.17) is 25.2 Å². The Morgan fingerprint density at radius 3 is 2.32 bits per heavy atom. The maximum absolute atomic E-state index is 8.58. The van der Waals surface area contributed by atoms with Gasteiger partial charge in [0.25, 0.3) is 0 Å². The smallest absolute Gasteiger partial charge is 0.204 e. The summed E-state index contributed by atoms with van der Waals surface area (Å²) in [5, 5.41) is 1.03. The van der Waals surface area contributed by atoms with Gasteiger partial charge in [-0.1, -0.05) is 31.7 Å². The van der Waals surface area contributed by atoms with Gasteiger partial charge in [-0.3, -0.25) is 4.79 Å². The average molecular weight is 481 g/mol. The molecule has 0 bridgehead atoms. The molecule has 0 radical (unpaired) electrons. The number of morpholine rings is 1. The number of carbonyl (C=O) groups is 1. The predicted molar refractivity (Wildman–Crippen MR) is 138 cm³/mol. The monoisotopic (exact) mass is 480 g/mol. The van der Waals surface area contributed by atoms with Crippen LogP contribution in [-0.2, 0) is 14.3 Å². The zero-order valence-corrected chi connectivity index (χ0v) is 20.5. The molecule has 3 heterocycles. The second kappa shape index (κ2) is 12.3. The Bertz CT molecular complexity index is 1040. The van der Waals surface area contributed by atoms with Crippen LogP contribution in [0.1, 0.15) is 32.4 Å². The third-order valence-electron chi connectivity index (χ3n) is 5.33. The highest BCUT2D eigenvalue weighted by molar-refractivity contribution is 8.00. The van der Waals surface area contributed by atoms with E-state index in [1.807, 2.05) is 68.2 Å². The number of hydrogen-bond donors (Lipinski definition) is 2. The number of amides is 1. The lowest BCUT2D eigenvalue weighted by molar-refractivity contribution is -0.106. The van der Waals surface area contributed by atoms with Gasteiger partial charge in [-0.05, 0) is 49.2 Å². The van der Waals surface area contributed by atoms with E-state index in [-0.39, 0.29) is 11.2 Å². The number of nitrogens with two attached hydrogens (primary N) is 2. The van der Waals surface area contributed by atoms with Crippen LogP contribution in [0.2, 0.25) is 0 Å². The first kappa shape index (κ1) is 25.5. The van der Waals surface area contributed by atoms with Crippen molar-refractivity contribution in [1.29, 1.82) is 0 Å². The molecule has 1 aliphatic carbocycles. The topological polar surface area (TPSA) is 120 Å². The Labute approximate surface area is 205 Å². The van der Waals surface area contributed by atoms with Crippen molar-refractivity contribution in [2.75, 3.05) is 36.9 Å². The normalized spacial score (nSPS) is 15.8. The molecule has 0 spiro atoms. The number of pyridine rings is 1. The van der Waals surface area contributed by atoms with Crippen LogP contribution in [0.15, 0.2) is 59.8 Å². The van der Waals surface area contributed by atoms with Crippen LogP contribution in [0.5, 0.6) is 0 Å². The summed E-state index contributed by atoms with van der Waals surface area (Å²) in [7, 11) is 0. The van der Waals surface area contributed by atoms with Gasteiger partial charge >= 0.3 is 0 Å². The van der Waals surface area contributed by atoms with Crippen molar-refractivity contribution in [1.82, 2.24) is 15.0 Å². The number of nitrogens with zero attached hydrogens (tertiary/aromatic N) is 4. The minimum atomic E-state index is -0.0269. The van der Waals surface area contributed by atoms with E-state index in [2.05, 4.69) is 27.8 Å². The van der Waals surface area contributed by atoms with Gasteiger partial charge in [0.1, 0.15) is 5.82 Å². The van der Waals surface area contributed by atoms with Crippen molar-refractivity contribution in [3.8, 4) is 11.4 Å². The Balaban J connectivity index is 0.000000603. The van der Waals surface area contributed by atoms with Crippen molar-refractivity contribution in [3.63, 3.8) is 0 Å². The van der Waals surface area contributed by atoms with Gasteiger partial charge in [0.2, 0.25) is 6.41 Å². The molecule has 8 nitrogen and oxygen atoms in total. The minimum Gasteiger partial charge on any atom is -0.399 e. The molecule has 5 rings (SSSR count). The van der Waals surface area contributed by atoms with E-state index >= 15 is 0 Å². The van der Waals surface area contributed by atoms with Crippen LogP contribution in [0.4, 0.5) is 11.5 Å². The molecule has 0 atom stereocenters. The third-order valence-corrected chi connectivity index (χ3v) is 6.78. The zero-order chi connectivity index (χ0) is 24.4. The fourth-order valence-corrected chi connectivity index (χ4v) is 4.69. The quantitative estimate of drug-likeness (QED) is 0.417. The van der Waals surface area contributed by atoms with E-state index in [0.29, 0.717) is 0 Å². The van der Waals surface area contributed by atoms with Gasteiger partial charge in [-0.2, -0.15) is 0 Å². The molecule has 1 saturated heterocycles. The first-order valence-corrected chi connectivity index (χ1v) is 12.3. The van der Waals surface area contributed by atoms with E-state index in [9.17, 15) is 0 Å². The van der Waals surface area contributed by atoms with Gasteiger partial charge in [0.15, 0.2) is 5.82 Å². The molecule has 1 saturated carbocycles. The van der Waals surface area contributed by atoms with Crippen LogP contribution in [0.3, 0.4) is 0 Å². The Kier molecular flexibility index (Phi) is 9.24. The van der Waals surface area contributed by atoms with Crippen LogP contribution < -0.4 is 16.4 Å². The van der Waals surface area contributed by atoms with E-state index in [1.165, 1.54) is 0 Å². The Morgan fingerprint density at radius 2 is 1.74 bits per heavy atom. The summed E-state index contributed by atoms with van der Waals surface area (Å²) in [5.41, 5.74) is 12.8. The fraction of sp³-hybridized carbons (Fsp3) is 0.360. The molecule has 0 unspecified atom stereocenters. The van der Waals surface area contributed by atoms with Gasteiger partial charge in [-0.25, -0.2) is 15.0 Å². The number of thioether (sulfide) groups is 1. The van der Waals surface area contributed by atoms with Gasteiger partial charge in [-0.15, -0.1) is 0 Å². The number of ether oxygens (including phenoxy) is 1. The summed E-state index contributed by atoms with van der Waals surface area (Å²) in [6.07, 6.45) is 4.28. The molecule has 34 heavy (non-hydrogen) atoms. The molecule has 3 aromatic rings. The van der Waals surface area contributed by atoms with Crippen LogP contribution in [0, 0.1) is 0 Å². The summed E-state index contributed by atoms with van der Waals surface area (Å²) in [4.78, 5) is 25.3. The number of primary amides is 1. The Morgan fingerprint density at radius 1 is 1.06 bits per heavy atom. The molecule has 9 heteroatoms. The summed E-state index contributed by atoms with van der Waals surface area (Å²) in [5.74, 6) is 1.72. The van der Waals surface area contributed by atoms with Crippen molar-refractivity contribution in [2.45, 2.75) is 36.5 Å². The number of anilines is 2.